The van der Waals surface area contributed by atoms with Gasteiger partial charge in [0.25, 0.3) is 0 Å². The lowest BCUT2D eigenvalue weighted by atomic mass is 9.98. The lowest BCUT2D eigenvalue weighted by Crippen LogP contribution is -2.33. The molecule has 0 radical (unpaired) electrons. The first kappa shape index (κ1) is 28.6. The van der Waals surface area contributed by atoms with E-state index in [0.29, 0.717) is 26.9 Å². The van der Waals surface area contributed by atoms with Crippen LogP contribution in [0.2, 0.25) is 0 Å². The number of hydrogen-bond acceptors (Lipinski definition) is 4. The highest BCUT2D eigenvalue weighted by atomic mass is 32.1. The molecule has 200 valence electrons. The number of fused-ring (bicyclic) bond motifs is 1. The van der Waals surface area contributed by atoms with Gasteiger partial charge in [-0.3, -0.25) is 0 Å². The third-order valence-electron chi connectivity index (χ3n) is 5.72. The predicted molar refractivity (Wildman–Crippen MR) is 132 cm³/mol. The van der Waals surface area contributed by atoms with Crippen LogP contribution >= 0.6 is 11.3 Å². The van der Waals surface area contributed by atoms with Crippen LogP contribution in [0, 0.1) is 5.92 Å². The summed E-state index contributed by atoms with van der Waals surface area (Å²) in [6.07, 6.45) is -5.16. The first-order chi connectivity index (χ1) is 17.4. The Hall–Kier alpha value is -3.01. The van der Waals surface area contributed by atoms with Crippen molar-refractivity contribution in [2.45, 2.75) is 45.0 Å². The van der Waals surface area contributed by atoms with Crippen LogP contribution in [0.3, 0.4) is 0 Å². The highest BCUT2D eigenvalue weighted by Gasteiger charge is 2.41. The summed E-state index contributed by atoms with van der Waals surface area (Å²) in [6, 6.07) is 10.5. The van der Waals surface area contributed by atoms with E-state index >= 15 is 0 Å². The number of carbonyl (C=O) groups is 1. The van der Waals surface area contributed by atoms with Gasteiger partial charge in [0.05, 0.1) is 5.56 Å². The Kier molecular flexibility index (Phi) is 9.28. The van der Waals surface area contributed by atoms with Crippen LogP contribution in [0.15, 0.2) is 55.1 Å². The van der Waals surface area contributed by atoms with Crippen molar-refractivity contribution in [1.82, 2.24) is 0 Å². The van der Waals surface area contributed by atoms with Gasteiger partial charge in [0.1, 0.15) is 24.9 Å². The van der Waals surface area contributed by atoms with Gasteiger partial charge in [-0.25, -0.2) is 4.79 Å². The Labute approximate surface area is 214 Å². The monoisotopic (exact) mass is 544 g/mol. The molecule has 0 fully saturated rings. The molecule has 0 bridgehead atoms. The lowest BCUT2D eigenvalue weighted by Gasteiger charge is -2.20. The van der Waals surface area contributed by atoms with Gasteiger partial charge in [-0.1, -0.05) is 38.5 Å². The number of ether oxygens (including phenoxy) is 2. The van der Waals surface area contributed by atoms with Crippen LogP contribution < -0.4 is 4.74 Å². The highest BCUT2D eigenvalue weighted by Crippen LogP contribution is 2.42. The molecule has 0 aliphatic heterocycles. The number of aryl methyl sites for hydroxylation is 1. The molecule has 0 aliphatic carbocycles. The molecule has 0 saturated carbocycles. The maximum Gasteiger partial charge on any atom is 0.417 e. The first-order valence-corrected chi connectivity index (χ1v) is 12.5. The highest BCUT2D eigenvalue weighted by molar-refractivity contribution is 7.22. The second kappa shape index (κ2) is 12.0. The van der Waals surface area contributed by atoms with Crippen LogP contribution in [-0.2, 0) is 22.1 Å². The van der Waals surface area contributed by atoms with Crippen molar-refractivity contribution in [1.29, 1.82) is 0 Å². The molecule has 10 heteroatoms. The van der Waals surface area contributed by atoms with E-state index in [1.165, 1.54) is 24.3 Å². The van der Waals surface area contributed by atoms with Crippen molar-refractivity contribution < 1.29 is 40.6 Å². The minimum Gasteiger partial charge on any atom is -0.493 e. The van der Waals surface area contributed by atoms with Crippen LogP contribution in [0.25, 0.3) is 20.5 Å². The molecular weight excluding hydrogens is 518 g/mol. The molecule has 0 amide bonds. The zero-order chi connectivity index (χ0) is 27.2. The van der Waals surface area contributed by atoms with Gasteiger partial charge in [-0.15, -0.1) is 11.3 Å². The van der Waals surface area contributed by atoms with E-state index in [4.69, 9.17) is 4.74 Å². The zero-order valence-electron chi connectivity index (χ0n) is 20.0. The Morgan fingerprint density at radius 2 is 1.78 bits per heavy atom. The van der Waals surface area contributed by atoms with Crippen LogP contribution in [-0.4, -0.2) is 25.4 Å². The summed E-state index contributed by atoms with van der Waals surface area (Å²) in [6.45, 7) is 3.44. The number of benzene rings is 2. The maximum absolute atomic E-state index is 13.9. The van der Waals surface area contributed by atoms with E-state index in [2.05, 4.69) is 11.3 Å². The molecule has 3 nitrogen and oxygen atoms in total. The van der Waals surface area contributed by atoms with Crippen molar-refractivity contribution in [2.24, 2.45) is 5.92 Å². The van der Waals surface area contributed by atoms with E-state index < -0.39 is 43.0 Å². The molecule has 37 heavy (non-hydrogen) atoms. The molecule has 2 aromatic carbocycles. The topological polar surface area (TPSA) is 35.5 Å². The van der Waals surface area contributed by atoms with Crippen molar-refractivity contribution >= 4 is 27.4 Å². The van der Waals surface area contributed by atoms with Gasteiger partial charge < -0.3 is 9.47 Å². The molecule has 1 atom stereocenters. The van der Waals surface area contributed by atoms with Gasteiger partial charge in [-0.2, -0.15) is 26.3 Å². The van der Waals surface area contributed by atoms with Gasteiger partial charge in [-0.05, 0) is 54.1 Å². The fourth-order valence-electron chi connectivity index (χ4n) is 3.68. The van der Waals surface area contributed by atoms with E-state index in [-0.39, 0.29) is 11.3 Å². The van der Waals surface area contributed by atoms with Gasteiger partial charge in [0.2, 0.25) is 0 Å². The van der Waals surface area contributed by atoms with Crippen LogP contribution in [0.4, 0.5) is 26.3 Å². The molecule has 1 aromatic heterocycles. The average molecular weight is 545 g/mol. The maximum atomic E-state index is 13.9. The Balaban J connectivity index is 1.83. The summed E-state index contributed by atoms with van der Waals surface area (Å²) >= 11 is 1.10. The van der Waals surface area contributed by atoms with Gasteiger partial charge in [0.15, 0.2) is 0 Å². The number of unbranched alkanes of at least 4 members (excludes halogenated alkanes) is 2. The number of alkyl halides is 6. The van der Waals surface area contributed by atoms with Gasteiger partial charge in [0, 0.05) is 21.2 Å². The summed E-state index contributed by atoms with van der Waals surface area (Å²) in [4.78, 5) is 11.5. The fourth-order valence-corrected chi connectivity index (χ4v) is 4.82. The Morgan fingerprint density at radius 3 is 2.43 bits per heavy atom. The molecule has 3 aromatic rings. The predicted octanol–water partition coefficient (Wildman–Crippen LogP) is 8.61. The van der Waals surface area contributed by atoms with Crippen molar-refractivity contribution in [3.05, 3.63) is 66.2 Å². The largest absolute Gasteiger partial charge is 0.493 e. The van der Waals surface area contributed by atoms with E-state index in [0.717, 1.165) is 36.7 Å². The van der Waals surface area contributed by atoms with Crippen molar-refractivity contribution in [3.63, 3.8) is 0 Å². The van der Waals surface area contributed by atoms with Crippen LogP contribution in [0.5, 0.6) is 5.75 Å². The summed E-state index contributed by atoms with van der Waals surface area (Å²) in [5.41, 5.74) is -0.0393. The molecule has 0 spiro atoms. The average Bonchev–Trinajstić information content (AvgIpc) is 3.25. The molecule has 0 saturated heterocycles. The van der Waals surface area contributed by atoms with E-state index in [9.17, 15) is 31.1 Å². The van der Waals surface area contributed by atoms with E-state index in [1.54, 1.807) is 18.2 Å². The Morgan fingerprint density at radius 1 is 1.03 bits per heavy atom. The molecule has 0 N–H and O–H groups in total. The summed E-state index contributed by atoms with van der Waals surface area (Å²) in [5, 5.41) is 0.639. The van der Waals surface area contributed by atoms with Crippen molar-refractivity contribution in [3.8, 4) is 16.2 Å². The second-order valence-corrected chi connectivity index (χ2v) is 9.61. The minimum atomic E-state index is -4.67. The summed E-state index contributed by atoms with van der Waals surface area (Å²) < 4.78 is 91.9. The second-order valence-electron chi connectivity index (χ2n) is 8.53. The standard InChI is InChI=1S/C27H26F6O3S/c1-3-5-6-7-17-8-11-21(22(12-17)27(31,32)33)24-13-18-9-10-20(14-23(18)37-24)35-15-19(26(28,29)30)16-36-25(34)4-2/h4,8-14,19H,2-3,5-7,15-16H2,1H3. The Bertz CT molecular complexity index is 1230. The zero-order valence-corrected chi connectivity index (χ0v) is 20.9. The molecule has 3 rings (SSSR count). The quantitative estimate of drug-likeness (QED) is 0.105. The third-order valence-corrected chi connectivity index (χ3v) is 6.85. The lowest BCUT2D eigenvalue weighted by molar-refractivity contribution is -0.195. The van der Waals surface area contributed by atoms with Crippen LogP contribution in [0.1, 0.15) is 37.3 Å². The summed E-state index contributed by atoms with van der Waals surface area (Å²) in [7, 11) is 0. The number of hydrogen-bond donors (Lipinski definition) is 0. The summed E-state index contributed by atoms with van der Waals surface area (Å²) in [5.74, 6) is -2.92. The minimum absolute atomic E-state index is 0.0524. The van der Waals surface area contributed by atoms with E-state index in [1.807, 2.05) is 6.92 Å². The SMILES string of the molecule is C=CC(=O)OCC(COc1ccc2cc(-c3ccc(CCCCC)cc3C(F)(F)F)sc2c1)C(F)(F)F. The first-order valence-electron chi connectivity index (χ1n) is 11.6. The number of halogens is 6. The fraction of sp³-hybridized carbons (Fsp3) is 0.370. The molecular formula is C27H26F6O3S. The third kappa shape index (κ3) is 7.74. The molecule has 1 unspecified atom stereocenters. The smallest absolute Gasteiger partial charge is 0.417 e. The van der Waals surface area contributed by atoms with Crippen molar-refractivity contribution in [2.75, 3.05) is 13.2 Å². The molecule has 0 aliphatic rings. The van der Waals surface area contributed by atoms with Gasteiger partial charge >= 0.3 is 18.3 Å². The number of carbonyl (C=O) groups excluding carboxylic acids is 1. The number of rotatable bonds is 11. The number of thiophene rings is 1. The number of esters is 1. The normalized spacial score (nSPS) is 12.9. The molecule has 1 heterocycles.